The first-order chi connectivity index (χ1) is 8.54. The number of rotatable bonds is 7. The largest absolute Gasteiger partial charge is 0.485 e. The van der Waals surface area contributed by atoms with Crippen LogP contribution in [0.1, 0.15) is 13.3 Å². The molecule has 2 nitrogen and oxygen atoms in total. The highest BCUT2D eigenvalue weighted by Gasteiger charge is 2.11. The van der Waals surface area contributed by atoms with Crippen LogP contribution in [0.5, 0.6) is 5.75 Å². The van der Waals surface area contributed by atoms with E-state index in [1.54, 1.807) is 0 Å². The van der Waals surface area contributed by atoms with E-state index < -0.39 is 11.6 Å². The van der Waals surface area contributed by atoms with Crippen LogP contribution < -0.4 is 10.1 Å². The molecular weight excluding hydrogens is 304 g/mol. The number of hydrogen-bond donors (Lipinski definition) is 1. The van der Waals surface area contributed by atoms with Gasteiger partial charge in [-0.2, -0.15) is 0 Å². The van der Waals surface area contributed by atoms with Gasteiger partial charge >= 0.3 is 0 Å². The zero-order valence-corrected chi connectivity index (χ0v) is 11.8. The van der Waals surface area contributed by atoms with Crippen molar-refractivity contribution in [3.63, 3.8) is 0 Å². The van der Waals surface area contributed by atoms with Gasteiger partial charge in [-0.15, -0.1) is 0 Å². The standard InChI is InChI=1S/C13H16BrF2NO/c1-3-4-17-7-9(2)8-18-13-11(14)5-10(15)6-12(13)16/h5-6,17H,2-4,7-8H2,1H3. The monoisotopic (exact) mass is 319 g/mol. The van der Waals surface area contributed by atoms with E-state index in [1.807, 2.05) is 0 Å². The molecule has 100 valence electrons. The molecule has 0 amide bonds. The van der Waals surface area contributed by atoms with E-state index in [4.69, 9.17) is 4.74 Å². The van der Waals surface area contributed by atoms with E-state index in [1.165, 1.54) is 0 Å². The normalized spacial score (nSPS) is 10.4. The second-order valence-corrected chi connectivity index (χ2v) is 4.77. The molecule has 0 unspecified atom stereocenters. The van der Waals surface area contributed by atoms with Crippen molar-refractivity contribution in [3.8, 4) is 5.75 Å². The molecule has 1 aromatic rings. The SMILES string of the molecule is C=C(CNCCC)COc1c(F)cc(F)cc1Br. The van der Waals surface area contributed by atoms with Crippen LogP contribution in [0.25, 0.3) is 0 Å². The summed E-state index contributed by atoms with van der Waals surface area (Å²) in [5.74, 6) is -1.36. The lowest BCUT2D eigenvalue weighted by atomic mass is 10.3. The third kappa shape index (κ3) is 4.74. The van der Waals surface area contributed by atoms with Crippen molar-refractivity contribution in [2.75, 3.05) is 19.7 Å². The first kappa shape index (κ1) is 15.1. The molecule has 0 aliphatic heterocycles. The summed E-state index contributed by atoms with van der Waals surface area (Å²) < 4.78 is 31.8. The lowest BCUT2D eigenvalue weighted by Crippen LogP contribution is -2.20. The maximum absolute atomic E-state index is 13.4. The second-order valence-electron chi connectivity index (χ2n) is 3.91. The average molecular weight is 320 g/mol. The first-order valence-electron chi connectivity index (χ1n) is 5.69. The van der Waals surface area contributed by atoms with Crippen LogP contribution in [0.3, 0.4) is 0 Å². The van der Waals surface area contributed by atoms with Crippen molar-refractivity contribution < 1.29 is 13.5 Å². The Labute approximate surface area is 114 Å². The summed E-state index contributed by atoms with van der Waals surface area (Å²) >= 11 is 3.06. The van der Waals surface area contributed by atoms with Crippen LogP contribution in [0.4, 0.5) is 8.78 Å². The number of ether oxygens (including phenoxy) is 1. The Morgan fingerprint density at radius 3 is 2.78 bits per heavy atom. The first-order valence-corrected chi connectivity index (χ1v) is 6.48. The van der Waals surface area contributed by atoms with E-state index >= 15 is 0 Å². The highest BCUT2D eigenvalue weighted by Crippen LogP contribution is 2.29. The van der Waals surface area contributed by atoms with Gasteiger partial charge in [-0.1, -0.05) is 13.5 Å². The zero-order valence-electron chi connectivity index (χ0n) is 10.2. The molecule has 1 aromatic carbocycles. The number of benzene rings is 1. The molecule has 0 fully saturated rings. The van der Waals surface area contributed by atoms with E-state index in [-0.39, 0.29) is 16.8 Å². The van der Waals surface area contributed by atoms with E-state index in [0.29, 0.717) is 6.54 Å². The second kappa shape index (κ2) is 7.48. The quantitative estimate of drug-likeness (QED) is 0.611. The Morgan fingerprint density at radius 1 is 1.44 bits per heavy atom. The lowest BCUT2D eigenvalue weighted by Gasteiger charge is -2.11. The van der Waals surface area contributed by atoms with E-state index in [9.17, 15) is 8.78 Å². The van der Waals surface area contributed by atoms with Gasteiger partial charge in [0.05, 0.1) is 4.47 Å². The van der Waals surface area contributed by atoms with E-state index in [2.05, 4.69) is 34.7 Å². The molecule has 18 heavy (non-hydrogen) atoms. The van der Waals surface area contributed by atoms with Gasteiger partial charge in [0.1, 0.15) is 12.4 Å². The molecule has 0 radical (unpaired) electrons. The Kier molecular flexibility index (Phi) is 6.29. The van der Waals surface area contributed by atoms with Gasteiger partial charge in [-0.3, -0.25) is 0 Å². The predicted molar refractivity (Wildman–Crippen MR) is 71.9 cm³/mol. The van der Waals surface area contributed by atoms with Crippen molar-refractivity contribution >= 4 is 15.9 Å². The van der Waals surface area contributed by atoms with Gasteiger partial charge in [0.2, 0.25) is 0 Å². The molecule has 0 aliphatic rings. The predicted octanol–water partition coefficient (Wildman–Crippen LogP) is 3.66. The highest BCUT2D eigenvalue weighted by molar-refractivity contribution is 9.10. The Morgan fingerprint density at radius 2 is 2.17 bits per heavy atom. The molecule has 0 heterocycles. The number of nitrogens with one attached hydrogen (secondary N) is 1. The maximum Gasteiger partial charge on any atom is 0.169 e. The molecule has 0 saturated heterocycles. The van der Waals surface area contributed by atoms with Crippen molar-refractivity contribution in [2.45, 2.75) is 13.3 Å². The van der Waals surface area contributed by atoms with Crippen molar-refractivity contribution in [1.29, 1.82) is 0 Å². The third-order valence-corrected chi connectivity index (χ3v) is 2.77. The fourth-order valence-electron chi connectivity index (χ4n) is 1.33. The van der Waals surface area contributed by atoms with Crippen LogP contribution in [-0.4, -0.2) is 19.7 Å². The lowest BCUT2D eigenvalue weighted by molar-refractivity contribution is 0.325. The van der Waals surface area contributed by atoms with Crippen LogP contribution in [0, 0.1) is 11.6 Å². The molecule has 0 aliphatic carbocycles. The Balaban J connectivity index is 2.51. The van der Waals surface area contributed by atoms with Crippen LogP contribution in [0.2, 0.25) is 0 Å². The van der Waals surface area contributed by atoms with Gasteiger partial charge in [0.15, 0.2) is 11.6 Å². The van der Waals surface area contributed by atoms with Crippen molar-refractivity contribution in [1.82, 2.24) is 5.32 Å². The summed E-state index contributed by atoms with van der Waals surface area (Å²) in [5.41, 5.74) is 0.805. The molecule has 5 heteroatoms. The Hall–Kier alpha value is -0.940. The summed E-state index contributed by atoms with van der Waals surface area (Å²) in [7, 11) is 0. The summed E-state index contributed by atoms with van der Waals surface area (Å²) in [5, 5.41) is 3.16. The summed E-state index contributed by atoms with van der Waals surface area (Å²) in [6.45, 7) is 7.59. The third-order valence-electron chi connectivity index (χ3n) is 2.19. The van der Waals surface area contributed by atoms with Crippen molar-refractivity contribution in [2.24, 2.45) is 0 Å². The highest BCUT2D eigenvalue weighted by atomic mass is 79.9. The van der Waals surface area contributed by atoms with Crippen LogP contribution >= 0.6 is 15.9 Å². The van der Waals surface area contributed by atoms with Gasteiger partial charge in [-0.05, 0) is 40.5 Å². The topological polar surface area (TPSA) is 21.3 Å². The van der Waals surface area contributed by atoms with Gasteiger partial charge < -0.3 is 10.1 Å². The molecule has 0 atom stereocenters. The number of halogens is 3. The average Bonchev–Trinajstić information content (AvgIpc) is 2.27. The van der Waals surface area contributed by atoms with Crippen molar-refractivity contribution in [3.05, 3.63) is 40.4 Å². The summed E-state index contributed by atoms with van der Waals surface area (Å²) in [6, 6.07) is 1.95. The maximum atomic E-state index is 13.4. The fourth-order valence-corrected chi connectivity index (χ4v) is 1.86. The molecule has 0 bridgehead atoms. The number of hydrogen-bond acceptors (Lipinski definition) is 2. The fraction of sp³-hybridized carbons (Fsp3) is 0.385. The minimum atomic E-state index is -0.726. The molecule has 0 spiro atoms. The summed E-state index contributed by atoms with van der Waals surface area (Å²) in [6.07, 6.45) is 1.03. The molecule has 1 N–H and O–H groups in total. The minimum absolute atomic E-state index is 0.00745. The summed E-state index contributed by atoms with van der Waals surface area (Å²) in [4.78, 5) is 0. The molecule has 0 saturated carbocycles. The van der Waals surface area contributed by atoms with Crippen LogP contribution in [-0.2, 0) is 0 Å². The molecule has 1 rings (SSSR count). The van der Waals surface area contributed by atoms with Gasteiger partial charge in [0, 0.05) is 12.6 Å². The van der Waals surface area contributed by atoms with E-state index in [0.717, 1.165) is 30.7 Å². The molecule has 0 aromatic heterocycles. The van der Waals surface area contributed by atoms with Gasteiger partial charge in [0.25, 0.3) is 0 Å². The Bertz CT molecular complexity index is 400. The minimum Gasteiger partial charge on any atom is -0.485 e. The van der Waals surface area contributed by atoms with Crippen LogP contribution in [0.15, 0.2) is 28.8 Å². The zero-order chi connectivity index (χ0) is 13.5. The molecular formula is C13H16BrF2NO. The smallest absolute Gasteiger partial charge is 0.169 e. The van der Waals surface area contributed by atoms with Gasteiger partial charge in [-0.25, -0.2) is 8.78 Å².